The van der Waals surface area contributed by atoms with Crippen LogP contribution in [0.4, 0.5) is 0 Å². The van der Waals surface area contributed by atoms with Crippen LogP contribution in [-0.4, -0.2) is 59.9 Å². The Balaban J connectivity index is 4.43. The summed E-state index contributed by atoms with van der Waals surface area (Å²) >= 11 is 0. The second-order valence-electron chi connectivity index (χ2n) is 15.5. The predicted octanol–water partition coefficient (Wildman–Crippen LogP) is 12.7. The molecule has 0 saturated carbocycles. The maximum Gasteiger partial charge on any atom is 0.472 e. The summed E-state index contributed by atoms with van der Waals surface area (Å²) in [5.74, 6) is -2.48. The van der Waals surface area contributed by atoms with Crippen LogP contribution in [0.1, 0.15) is 194 Å². The minimum absolute atomic E-state index is 0.0978. The third-order valence-electron chi connectivity index (χ3n) is 9.78. The summed E-state index contributed by atoms with van der Waals surface area (Å²) in [5.41, 5.74) is 5.34. The fraction of sp³-hybridized carbons (Fsp3) is 0.729. The summed E-state index contributed by atoms with van der Waals surface area (Å²) < 4.78 is 32.7. The number of carbonyl (C=O) groups excluding carboxylic acids is 2. The molecular formula is C48H84NO10P. The van der Waals surface area contributed by atoms with Crippen LogP contribution >= 0.6 is 7.82 Å². The smallest absolute Gasteiger partial charge is 0.472 e. The molecule has 0 aliphatic heterocycles. The van der Waals surface area contributed by atoms with Gasteiger partial charge in [-0.2, -0.15) is 0 Å². The summed E-state index contributed by atoms with van der Waals surface area (Å²) in [5, 5.41) is 8.90. The summed E-state index contributed by atoms with van der Waals surface area (Å²) in [4.78, 5) is 46.0. The van der Waals surface area contributed by atoms with Crippen molar-refractivity contribution in [1.29, 1.82) is 0 Å². The number of aliphatic carboxylic acids is 1. The van der Waals surface area contributed by atoms with E-state index in [1.807, 2.05) is 12.2 Å². The average Bonchev–Trinajstić information content (AvgIpc) is 3.22. The van der Waals surface area contributed by atoms with Crippen LogP contribution in [0.5, 0.6) is 0 Å². The zero-order valence-corrected chi connectivity index (χ0v) is 38.4. The Morgan fingerprint density at radius 1 is 0.517 bits per heavy atom. The molecular weight excluding hydrogens is 781 g/mol. The van der Waals surface area contributed by atoms with E-state index in [0.717, 1.165) is 44.9 Å². The maximum atomic E-state index is 12.6. The number of ether oxygens (including phenoxy) is 2. The molecule has 0 spiro atoms. The number of rotatable bonds is 43. The fourth-order valence-electron chi connectivity index (χ4n) is 6.11. The quantitative estimate of drug-likeness (QED) is 0.0230. The minimum atomic E-state index is -4.73. The van der Waals surface area contributed by atoms with Crippen LogP contribution in [0.2, 0.25) is 0 Å². The van der Waals surface area contributed by atoms with Gasteiger partial charge in [-0.3, -0.25) is 23.4 Å². The number of allylic oxidation sites excluding steroid dienone is 10. The van der Waals surface area contributed by atoms with Gasteiger partial charge in [0.2, 0.25) is 0 Å². The second kappa shape index (κ2) is 42.9. The number of nitrogens with two attached hydrogens (primary N) is 1. The van der Waals surface area contributed by atoms with Crippen LogP contribution in [0.3, 0.4) is 0 Å². The summed E-state index contributed by atoms with van der Waals surface area (Å²) in [6, 6.07) is -1.53. The van der Waals surface area contributed by atoms with Crippen LogP contribution in [0.15, 0.2) is 60.8 Å². The fourth-order valence-corrected chi connectivity index (χ4v) is 6.88. The highest BCUT2D eigenvalue weighted by molar-refractivity contribution is 7.47. The van der Waals surface area contributed by atoms with Gasteiger partial charge in [0.15, 0.2) is 6.10 Å². The number of carbonyl (C=O) groups is 3. The van der Waals surface area contributed by atoms with Gasteiger partial charge in [0.05, 0.1) is 13.2 Å². The van der Waals surface area contributed by atoms with Crippen molar-refractivity contribution in [3.05, 3.63) is 60.8 Å². The number of esters is 2. The van der Waals surface area contributed by atoms with Crippen molar-refractivity contribution in [1.82, 2.24) is 0 Å². The average molecular weight is 866 g/mol. The molecule has 0 aromatic rings. The Hall–Kier alpha value is -2.82. The number of phosphoric acid groups is 1. The van der Waals surface area contributed by atoms with Crippen LogP contribution in [-0.2, 0) is 37.5 Å². The number of hydrogen-bond donors (Lipinski definition) is 3. The van der Waals surface area contributed by atoms with E-state index in [1.165, 1.54) is 109 Å². The molecule has 0 aliphatic carbocycles. The van der Waals surface area contributed by atoms with E-state index >= 15 is 0 Å². The van der Waals surface area contributed by atoms with Crippen LogP contribution < -0.4 is 5.73 Å². The van der Waals surface area contributed by atoms with Gasteiger partial charge in [0.25, 0.3) is 0 Å². The van der Waals surface area contributed by atoms with Crippen molar-refractivity contribution in [3.63, 3.8) is 0 Å². The topological polar surface area (TPSA) is 172 Å². The summed E-state index contributed by atoms with van der Waals surface area (Å²) in [6.07, 6.45) is 50.1. The maximum absolute atomic E-state index is 12.6. The SMILES string of the molecule is CCCCC/C=C/C/C=C/C/C=C/C/C=C/C/C=C/CCC(=O)OC[C@H](COP(=O)(O)OC[C@H](N)C(=O)O)OC(=O)CCCCCCCCCCCCCCCCCCC. The van der Waals surface area contributed by atoms with Crippen molar-refractivity contribution in [2.75, 3.05) is 19.8 Å². The van der Waals surface area contributed by atoms with Crippen LogP contribution in [0, 0.1) is 0 Å². The molecule has 0 aromatic carbocycles. The number of phosphoric ester groups is 1. The molecule has 11 nitrogen and oxygen atoms in total. The molecule has 0 aliphatic rings. The largest absolute Gasteiger partial charge is 0.480 e. The van der Waals surface area contributed by atoms with E-state index in [1.54, 1.807) is 0 Å². The number of carboxylic acid groups (broad SMARTS) is 1. The van der Waals surface area contributed by atoms with Gasteiger partial charge in [0, 0.05) is 12.8 Å². The molecule has 3 atom stereocenters. The van der Waals surface area contributed by atoms with Gasteiger partial charge < -0.3 is 25.2 Å². The van der Waals surface area contributed by atoms with Crippen molar-refractivity contribution >= 4 is 25.7 Å². The van der Waals surface area contributed by atoms with Crippen molar-refractivity contribution in [2.45, 2.75) is 206 Å². The third-order valence-corrected chi connectivity index (χ3v) is 10.7. The Morgan fingerprint density at radius 3 is 1.38 bits per heavy atom. The van der Waals surface area contributed by atoms with Gasteiger partial charge in [-0.25, -0.2) is 4.57 Å². The lowest BCUT2D eigenvalue weighted by molar-refractivity contribution is -0.161. The highest BCUT2D eigenvalue weighted by Crippen LogP contribution is 2.43. The Morgan fingerprint density at radius 2 is 0.917 bits per heavy atom. The van der Waals surface area contributed by atoms with Gasteiger partial charge in [0.1, 0.15) is 12.6 Å². The molecule has 0 heterocycles. The lowest BCUT2D eigenvalue weighted by Crippen LogP contribution is -2.34. The molecule has 0 fully saturated rings. The summed E-state index contributed by atoms with van der Waals surface area (Å²) in [6.45, 7) is 2.71. The monoisotopic (exact) mass is 866 g/mol. The Kier molecular flexibility index (Phi) is 40.8. The predicted molar refractivity (Wildman–Crippen MR) is 245 cm³/mol. The molecule has 0 aromatic heterocycles. The number of hydrogen-bond acceptors (Lipinski definition) is 9. The van der Waals surface area contributed by atoms with Gasteiger partial charge in [-0.05, 0) is 51.4 Å². The lowest BCUT2D eigenvalue weighted by atomic mass is 10.0. The first-order valence-corrected chi connectivity index (χ1v) is 24.8. The van der Waals surface area contributed by atoms with E-state index in [0.29, 0.717) is 12.8 Å². The molecule has 0 radical (unpaired) electrons. The lowest BCUT2D eigenvalue weighted by Gasteiger charge is -2.20. The zero-order valence-electron chi connectivity index (χ0n) is 37.5. The number of unbranched alkanes of at least 4 members (excludes halogenated alkanes) is 19. The molecule has 4 N–H and O–H groups in total. The van der Waals surface area contributed by atoms with Crippen molar-refractivity contribution in [2.24, 2.45) is 5.73 Å². The molecule has 346 valence electrons. The summed E-state index contributed by atoms with van der Waals surface area (Å²) in [7, 11) is -4.73. The highest BCUT2D eigenvalue weighted by Gasteiger charge is 2.28. The van der Waals surface area contributed by atoms with Crippen LogP contribution in [0.25, 0.3) is 0 Å². The standard InChI is InChI=1S/C48H84NO10P/c1-3-5-7-9-11-13-15-17-19-21-22-24-25-27-29-31-33-35-37-39-46(50)56-41-44(42-57-60(54,55)58-43-45(49)48(52)53)59-47(51)40-38-36-34-32-30-28-26-23-20-18-16-14-12-10-8-6-4-2/h11,13,17,19,22,24,27,29,33,35,44-45H,3-10,12,14-16,18,20-21,23,25-26,28,30-32,34,36-43,49H2,1-2H3,(H,52,53)(H,54,55)/b13-11+,19-17+,24-22+,29-27+,35-33+/t44-,45+/m1/s1. The molecule has 0 amide bonds. The van der Waals surface area contributed by atoms with E-state index in [-0.39, 0.29) is 19.4 Å². The molecule has 12 heteroatoms. The van der Waals surface area contributed by atoms with E-state index in [9.17, 15) is 23.8 Å². The molecule has 0 bridgehead atoms. The highest BCUT2D eigenvalue weighted by atomic mass is 31.2. The zero-order chi connectivity index (χ0) is 44.2. The Bertz CT molecular complexity index is 1250. The second-order valence-corrected chi connectivity index (χ2v) is 17.0. The van der Waals surface area contributed by atoms with E-state index in [4.69, 9.17) is 24.8 Å². The Labute approximate surface area is 364 Å². The molecule has 60 heavy (non-hydrogen) atoms. The van der Waals surface area contributed by atoms with E-state index < -0.39 is 51.1 Å². The van der Waals surface area contributed by atoms with Gasteiger partial charge in [-0.1, -0.05) is 190 Å². The molecule has 1 unspecified atom stereocenters. The minimum Gasteiger partial charge on any atom is -0.480 e. The van der Waals surface area contributed by atoms with Gasteiger partial charge >= 0.3 is 25.7 Å². The first-order chi connectivity index (χ1) is 29.1. The molecule has 0 saturated heterocycles. The molecule has 0 rings (SSSR count). The number of carboxylic acids is 1. The van der Waals surface area contributed by atoms with Gasteiger partial charge in [-0.15, -0.1) is 0 Å². The first kappa shape index (κ1) is 57.2. The first-order valence-electron chi connectivity index (χ1n) is 23.3. The van der Waals surface area contributed by atoms with Crippen molar-refractivity contribution < 1.29 is 47.5 Å². The third kappa shape index (κ3) is 41.9. The normalized spacial score (nSPS) is 14.2. The van der Waals surface area contributed by atoms with E-state index in [2.05, 4.69) is 67.0 Å². The van der Waals surface area contributed by atoms with Crippen molar-refractivity contribution in [3.8, 4) is 0 Å².